The van der Waals surface area contributed by atoms with E-state index in [1.807, 2.05) is 0 Å². The number of ketones is 1. The van der Waals surface area contributed by atoms with Gasteiger partial charge < -0.3 is 14.9 Å². The van der Waals surface area contributed by atoms with Crippen molar-refractivity contribution in [3.05, 3.63) is 58.3 Å². The highest BCUT2D eigenvalue weighted by molar-refractivity contribution is 6.10. The number of Topliss-reactive ketones (excluding diaryl/α,β-unsaturated/α-hetero) is 1. The molecule has 2 N–H and O–H groups in total. The molecule has 36 heavy (non-hydrogen) atoms. The number of nitrogens with zero attached hydrogens (tertiary/aromatic N) is 4. The summed E-state index contributed by atoms with van der Waals surface area (Å²) in [6.45, 7) is 6.27. The summed E-state index contributed by atoms with van der Waals surface area (Å²) < 4.78 is 0. The Bertz CT molecular complexity index is 1320. The minimum atomic E-state index is -0.230. The number of nitrogens with one attached hydrogen (secondary N) is 1. The first-order valence-corrected chi connectivity index (χ1v) is 13.0. The van der Waals surface area contributed by atoms with Gasteiger partial charge in [0.2, 0.25) is 0 Å². The normalized spacial score (nSPS) is 19.3. The van der Waals surface area contributed by atoms with Crippen LogP contribution in [-0.2, 0) is 19.6 Å². The fraction of sp³-hybridized carbons (Fsp3) is 0.464. The largest absolute Gasteiger partial charge is 0.507 e. The summed E-state index contributed by atoms with van der Waals surface area (Å²) in [5, 5.41) is 18.4. The van der Waals surface area contributed by atoms with E-state index in [0.29, 0.717) is 29.7 Å². The molecule has 1 saturated carbocycles. The standard InChI is InChI=1S/C28H33N5O3/c1-31-8-10-32(11-9-31)15-18-6-7-20-16-33(17-21(20)12-18)28(36)23-13-22-24(14-25(23)34)29-30-26(22)27(35)19-4-2-3-5-19/h6-7,12-14,19,34H,2-5,8-11,15-17H2,1H3,(H,29,30). The number of aromatic amines is 1. The van der Waals surface area contributed by atoms with Gasteiger partial charge in [0.15, 0.2) is 5.78 Å². The quantitative estimate of drug-likeness (QED) is 0.535. The predicted octanol–water partition coefficient (Wildman–Crippen LogP) is 3.54. The zero-order chi connectivity index (χ0) is 24.8. The number of H-pyrrole nitrogens is 1. The summed E-state index contributed by atoms with van der Waals surface area (Å²) in [7, 11) is 2.16. The number of phenolic OH excluding ortho intramolecular Hbond substituents is 1. The Morgan fingerprint density at radius 1 is 1.03 bits per heavy atom. The number of likely N-dealkylation sites (N-methyl/N-ethyl adjacent to an activating group) is 1. The number of fused-ring (bicyclic) bond motifs is 2. The molecule has 1 aliphatic carbocycles. The van der Waals surface area contributed by atoms with Crippen molar-refractivity contribution in [1.82, 2.24) is 24.9 Å². The zero-order valence-corrected chi connectivity index (χ0v) is 20.8. The minimum absolute atomic E-state index is 0.00224. The van der Waals surface area contributed by atoms with E-state index in [-0.39, 0.29) is 28.9 Å². The molecule has 2 aliphatic heterocycles. The van der Waals surface area contributed by atoms with Crippen LogP contribution >= 0.6 is 0 Å². The second-order valence-electron chi connectivity index (χ2n) is 10.7. The lowest BCUT2D eigenvalue weighted by Crippen LogP contribution is -2.43. The van der Waals surface area contributed by atoms with E-state index < -0.39 is 0 Å². The molecule has 3 aliphatic rings. The van der Waals surface area contributed by atoms with Crippen LogP contribution in [0.15, 0.2) is 30.3 Å². The Balaban J connectivity index is 1.20. The highest BCUT2D eigenvalue weighted by atomic mass is 16.3. The van der Waals surface area contributed by atoms with Crippen molar-refractivity contribution < 1.29 is 14.7 Å². The smallest absolute Gasteiger partial charge is 0.258 e. The summed E-state index contributed by atoms with van der Waals surface area (Å²) in [4.78, 5) is 33.1. The molecule has 1 aromatic heterocycles. The third kappa shape index (κ3) is 4.29. The monoisotopic (exact) mass is 487 g/mol. The van der Waals surface area contributed by atoms with E-state index in [1.54, 1.807) is 11.0 Å². The van der Waals surface area contributed by atoms with Crippen LogP contribution in [0.3, 0.4) is 0 Å². The van der Waals surface area contributed by atoms with Gasteiger partial charge in [0.1, 0.15) is 11.4 Å². The lowest BCUT2D eigenvalue weighted by Gasteiger charge is -2.32. The molecule has 0 bridgehead atoms. The Labute approximate surface area is 210 Å². The molecule has 0 spiro atoms. The molecule has 0 atom stereocenters. The lowest BCUT2D eigenvalue weighted by atomic mass is 9.97. The van der Waals surface area contributed by atoms with Crippen LogP contribution < -0.4 is 0 Å². The molecule has 1 saturated heterocycles. The number of rotatable bonds is 5. The Morgan fingerprint density at radius 3 is 2.56 bits per heavy atom. The number of carbonyl (C=O) groups excluding carboxylic acids is 2. The number of amides is 1. The van der Waals surface area contributed by atoms with E-state index in [9.17, 15) is 14.7 Å². The van der Waals surface area contributed by atoms with Crippen molar-refractivity contribution >= 4 is 22.6 Å². The number of hydrogen-bond donors (Lipinski definition) is 2. The summed E-state index contributed by atoms with van der Waals surface area (Å²) in [5.74, 6) is -0.295. The van der Waals surface area contributed by atoms with E-state index >= 15 is 0 Å². The SMILES string of the molecule is CN1CCN(Cc2ccc3c(c2)CN(C(=O)c2cc4c(C(=O)C5CCCC5)n[nH]c4cc2O)C3)CC1. The first-order valence-electron chi connectivity index (χ1n) is 13.0. The molecular weight excluding hydrogens is 454 g/mol. The van der Waals surface area contributed by atoms with Gasteiger partial charge in [-0.3, -0.25) is 19.6 Å². The van der Waals surface area contributed by atoms with E-state index in [1.165, 1.54) is 11.6 Å². The highest BCUT2D eigenvalue weighted by Crippen LogP contribution is 2.33. The predicted molar refractivity (Wildman–Crippen MR) is 137 cm³/mol. The average Bonchev–Trinajstić information content (AvgIpc) is 3.63. The van der Waals surface area contributed by atoms with Crippen LogP contribution in [-0.4, -0.2) is 74.9 Å². The van der Waals surface area contributed by atoms with Crippen LogP contribution in [0.25, 0.3) is 10.9 Å². The van der Waals surface area contributed by atoms with Gasteiger partial charge in [0.05, 0.1) is 11.1 Å². The number of phenols is 1. The van der Waals surface area contributed by atoms with Crippen molar-refractivity contribution in [3.8, 4) is 5.75 Å². The van der Waals surface area contributed by atoms with E-state index in [0.717, 1.165) is 69.5 Å². The molecule has 2 fully saturated rings. The lowest BCUT2D eigenvalue weighted by molar-refractivity contribution is 0.0748. The van der Waals surface area contributed by atoms with Crippen molar-refractivity contribution in [3.63, 3.8) is 0 Å². The molecule has 6 rings (SSSR count). The summed E-state index contributed by atoms with van der Waals surface area (Å²) in [6.07, 6.45) is 3.91. The number of hydrogen-bond acceptors (Lipinski definition) is 6. The number of benzene rings is 2. The Kier molecular flexibility index (Phi) is 6.01. The molecule has 2 aromatic carbocycles. The summed E-state index contributed by atoms with van der Waals surface area (Å²) in [5.41, 5.74) is 4.75. The first-order chi connectivity index (χ1) is 17.5. The highest BCUT2D eigenvalue weighted by Gasteiger charge is 2.30. The fourth-order valence-corrected chi connectivity index (χ4v) is 5.92. The molecule has 3 heterocycles. The molecule has 0 radical (unpaired) electrons. The molecule has 188 valence electrons. The number of piperazine rings is 1. The van der Waals surface area contributed by atoms with E-state index in [2.05, 4.69) is 45.2 Å². The molecule has 8 heteroatoms. The second kappa shape index (κ2) is 9.33. The van der Waals surface area contributed by atoms with Gasteiger partial charge in [-0.2, -0.15) is 5.10 Å². The third-order valence-corrected chi connectivity index (χ3v) is 8.15. The van der Waals surface area contributed by atoms with Crippen LogP contribution in [0, 0.1) is 5.92 Å². The maximum atomic E-state index is 13.5. The van der Waals surface area contributed by atoms with Gasteiger partial charge in [-0.05, 0) is 42.6 Å². The number of aromatic nitrogens is 2. The van der Waals surface area contributed by atoms with Gasteiger partial charge >= 0.3 is 0 Å². The zero-order valence-electron chi connectivity index (χ0n) is 20.8. The minimum Gasteiger partial charge on any atom is -0.507 e. The van der Waals surface area contributed by atoms with Gasteiger partial charge in [-0.25, -0.2) is 0 Å². The van der Waals surface area contributed by atoms with Crippen LogP contribution in [0.2, 0.25) is 0 Å². The van der Waals surface area contributed by atoms with Crippen molar-refractivity contribution in [1.29, 1.82) is 0 Å². The number of aromatic hydroxyl groups is 1. The summed E-state index contributed by atoms with van der Waals surface area (Å²) in [6, 6.07) is 9.67. The fourth-order valence-electron chi connectivity index (χ4n) is 5.92. The van der Waals surface area contributed by atoms with Gasteiger partial charge in [-0.15, -0.1) is 0 Å². The van der Waals surface area contributed by atoms with Crippen LogP contribution in [0.5, 0.6) is 5.75 Å². The van der Waals surface area contributed by atoms with Crippen LogP contribution in [0.1, 0.15) is 63.2 Å². The summed E-state index contributed by atoms with van der Waals surface area (Å²) >= 11 is 0. The van der Waals surface area contributed by atoms with Gasteiger partial charge in [0.25, 0.3) is 5.91 Å². The second-order valence-corrected chi connectivity index (χ2v) is 10.7. The molecule has 8 nitrogen and oxygen atoms in total. The van der Waals surface area contributed by atoms with Gasteiger partial charge in [-0.1, -0.05) is 31.0 Å². The van der Waals surface area contributed by atoms with Crippen LogP contribution in [0.4, 0.5) is 0 Å². The van der Waals surface area contributed by atoms with Crippen molar-refractivity contribution in [2.75, 3.05) is 33.2 Å². The Morgan fingerprint density at radius 2 is 1.78 bits per heavy atom. The topological polar surface area (TPSA) is 92.8 Å². The van der Waals surface area contributed by atoms with Gasteiger partial charge in [0, 0.05) is 63.2 Å². The molecular formula is C28H33N5O3. The maximum absolute atomic E-state index is 13.5. The molecule has 0 unspecified atom stereocenters. The molecule has 1 amide bonds. The average molecular weight is 488 g/mol. The third-order valence-electron chi connectivity index (χ3n) is 8.15. The van der Waals surface area contributed by atoms with E-state index in [4.69, 9.17) is 0 Å². The first kappa shape index (κ1) is 23.2. The van der Waals surface area contributed by atoms with Crippen molar-refractivity contribution in [2.45, 2.75) is 45.3 Å². The Hall–Kier alpha value is -3.23. The molecule has 3 aromatic rings. The van der Waals surface area contributed by atoms with Crippen molar-refractivity contribution in [2.24, 2.45) is 5.92 Å². The maximum Gasteiger partial charge on any atom is 0.258 e. The number of carbonyl (C=O) groups is 2.